The number of rotatable bonds is 6. The number of Topliss-reactive ketones (excluding diaryl/α,β-unsaturated/α-hetero) is 1. The van der Waals surface area contributed by atoms with Crippen LogP contribution in [0.1, 0.15) is 34.6 Å². The lowest BCUT2D eigenvalue weighted by Crippen LogP contribution is -2.47. The molecular weight excluding hydrogens is 396 g/mol. The lowest BCUT2D eigenvalue weighted by atomic mass is 9.88. The molecule has 4 rings (SSSR count). The maximum atomic E-state index is 12.9. The Morgan fingerprint density at radius 3 is 2.55 bits per heavy atom. The Morgan fingerprint density at radius 1 is 1.19 bits per heavy atom. The molecule has 0 radical (unpaired) electrons. The van der Waals surface area contributed by atoms with E-state index < -0.39 is 0 Å². The molecule has 31 heavy (non-hydrogen) atoms. The molecule has 1 fully saturated rings. The van der Waals surface area contributed by atoms with Crippen LogP contribution >= 0.6 is 0 Å². The Labute approximate surface area is 180 Å². The summed E-state index contributed by atoms with van der Waals surface area (Å²) < 4.78 is 5.15. The van der Waals surface area contributed by atoms with Gasteiger partial charge in [-0.05, 0) is 63.2 Å². The van der Waals surface area contributed by atoms with E-state index in [0.717, 1.165) is 18.6 Å². The predicted molar refractivity (Wildman–Crippen MR) is 115 cm³/mol. The fraction of sp³-hybridized carbons (Fsp3) is 0.391. The lowest BCUT2D eigenvalue weighted by molar-refractivity contribution is -0.132. The van der Waals surface area contributed by atoms with Crippen molar-refractivity contribution in [3.63, 3.8) is 0 Å². The first-order valence-corrected chi connectivity index (χ1v) is 10.4. The Hall–Kier alpha value is -3.26. The van der Waals surface area contributed by atoms with Crippen LogP contribution in [-0.2, 0) is 11.3 Å². The summed E-state index contributed by atoms with van der Waals surface area (Å²) in [7, 11) is 1.60. The number of hydrogen-bond acceptors (Lipinski definition) is 6. The van der Waals surface area contributed by atoms with Crippen LogP contribution in [0.15, 0.2) is 47.5 Å². The number of amides is 1. The van der Waals surface area contributed by atoms with E-state index in [1.54, 1.807) is 49.4 Å². The molecule has 8 heteroatoms. The molecule has 1 aromatic heterocycles. The van der Waals surface area contributed by atoms with Gasteiger partial charge in [-0.3, -0.25) is 19.3 Å². The smallest absolute Gasteiger partial charge is 0.253 e. The van der Waals surface area contributed by atoms with Gasteiger partial charge < -0.3 is 14.6 Å². The molecule has 1 N–H and O–H groups in total. The van der Waals surface area contributed by atoms with E-state index in [1.165, 1.54) is 6.20 Å². The third kappa shape index (κ3) is 4.44. The van der Waals surface area contributed by atoms with Gasteiger partial charge in [0.05, 0.1) is 13.7 Å². The lowest BCUT2D eigenvalue weighted by Gasteiger charge is -2.34. The second kappa shape index (κ2) is 8.85. The zero-order chi connectivity index (χ0) is 22.0. The highest BCUT2D eigenvalue weighted by atomic mass is 16.5. The van der Waals surface area contributed by atoms with Gasteiger partial charge in [0.1, 0.15) is 17.6 Å². The number of nitrogens with one attached hydrogen (secondary N) is 1. The second-order valence-electron chi connectivity index (χ2n) is 8.00. The minimum atomic E-state index is -0.339. The quantitative estimate of drug-likeness (QED) is 0.715. The Balaban J connectivity index is 1.33. The molecule has 1 aromatic carbocycles. The van der Waals surface area contributed by atoms with Crippen LogP contribution in [0.5, 0.6) is 5.75 Å². The second-order valence-corrected chi connectivity index (χ2v) is 8.00. The van der Waals surface area contributed by atoms with Gasteiger partial charge in [0.25, 0.3) is 5.56 Å². The van der Waals surface area contributed by atoms with Gasteiger partial charge in [0, 0.05) is 29.4 Å². The minimum absolute atomic E-state index is 0.0387. The molecule has 1 unspecified atom stereocenters. The highest BCUT2D eigenvalue weighted by molar-refractivity contribution is 5.98. The summed E-state index contributed by atoms with van der Waals surface area (Å²) in [5.74, 6) is 1.25. The van der Waals surface area contributed by atoms with E-state index >= 15 is 0 Å². The molecule has 3 heterocycles. The van der Waals surface area contributed by atoms with Crippen LogP contribution in [0.25, 0.3) is 0 Å². The Morgan fingerprint density at radius 2 is 1.90 bits per heavy atom. The maximum Gasteiger partial charge on any atom is 0.253 e. The molecule has 2 aliphatic heterocycles. The molecule has 2 aromatic rings. The van der Waals surface area contributed by atoms with Crippen molar-refractivity contribution in [1.29, 1.82) is 0 Å². The topological polar surface area (TPSA) is 95.6 Å². The van der Waals surface area contributed by atoms with Gasteiger partial charge in [-0.25, -0.2) is 4.98 Å². The van der Waals surface area contributed by atoms with Crippen LogP contribution in [0, 0.1) is 12.8 Å². The first-order valence-electron chi connectivity index (χ1n) is 10.4. The minimum Gasteiger partial charge on any atom is -0.497 e. The van der Waals surface area contributed by atoms with Crippen LogP contribution in [0.3, 0.4) is 0 Å². The molecule has 0 saturated carbocycles. The van der Waals surface area contributed by atoms with Gasteiger partial charge in [0.2, 0.25) is 5.91 Å². The molecular formula is C23H26N4O4. The molecule has 0 aliphatic carbocycles. The fourth-order valence-electron chi connectivity index (χ4n) is 4.09. The molecule has 1 saturated heterocycles. The number of piperidine rings is 1. The van der Waals surface area contributed by atoms with E-state index in [0.29, 0.717) is 30.0 Å². The molecule has 162 valence electrons. The van der Waals surface area contributed by atoms with Crippen molar-refractivity contribution >= 4 is 11.7 Å². The van der Waals surface area contributed by atoms with Crippen molar-refractivity contribution in [3.05, 3.63) is 70.0 Å². The first-order chi connectivity index (χ1) is 15.0. The standard InChI is InChI=1S/C23H26N4O4/c1-15-13-24-20(25-22(15)29)14-27-12-9-19(23(27)30)26-10-7-17(8-11-26)21(28)16-3-5-18(31-2)6-4-16/h3-6,9,12-13,17,19H,7-8,10-11,14H2,1-2H3,(H,24,25,29). The largest absolute Gasteiger partial charge is 0.497 e. The highest BCUT2D eigenvalue weighted by Crippen LogP contribution is 2.26. The molecule has 0 bridgehead atoms. The Kier molecular flexibility index (Phi) is 5.99. The van der Waals surface area contributed by atoms with Gasteiger partial charge in [-0.15, -0.1) is 0 Å². The summed E-state index contributed by atoms with van der Waals surface area (Å²) >= 11 is 0. The van der Waals surface area contributed by atoms with E-state index in [1.807, 2.05) is 6.08 Å². The van der Waals surface area contributed by atoms with Crippen LogP contribution < -0.4 is 10.3 Å². The van der Waals surface area contributed by atoms with E-state index in [-0.39, 0.29) is 35.8 Å². The number of aromatic nitrogens is 2. The number of H-pyrrole nitrogens is 1. The third-order valence-corrected chi connectivity index (χ3v) is 6.00. The van der Waals surface area contributed by atoms with Crippen molar-refractivity contribution in [2.24, 2.45) is 5.92 Å². The zero-order valence-electron chi connectivity index (χ0n) is 17.7. The summed E-state index contributed by atoms with van der Waals surface area (Å²) in [5, 5.41) is 0. The van der Waals surface area contributed by atoms with E-state index in [9.17, 15) is 14.4 Å². The number of carbonyl (C=O) groups is 2. The summed E-state index contributed by atoms with van der Waals surface area (Å²) in [5.41, 5.74) is 1.04. The molecule has 8 nitrogen and oxygen atoms in total. The van der Waals surface area contributed by atoms with Crippen LogP contribution in [0.4, 0.5) is 0 Å². The average molecular weight is 422 g/mol. The predicted octanol–water partition coefficient (Wildman–Crippen LogP) is 1.91. The van der Waals surface area contributed by atoms with Gasteiger partial charge >= 0.3 is 0 Å². The van der Waals surface area contributed by atoms with Crippen molar-refractivity contribution < 1.29 is 14.3 Å². The van der Waals surface area contributed by atoms with Gasteiger partial charge in [0.15, 0.2) is 5.78 Å². The summed E-state index contributed by atoms with van der Waals surface area (Å²) in [6.45, 7) is 3.28. The van der Waals surface area contributed by atoms with E-state index in [2.05, 4.69) is 14.9 Å². The van der Waals surface area contributed by atoms with Crippen LogP contribution in [-0.4, -0.2) is 57.7 Å². The summed E-state index contributed by atoms with van der Waals surface area (Å²) in [6, 6.07) is 6.87. The van der Waals surface area contributed by atoms with Gasteiger partial charge in [-0.2, -0.15) is 0 Å². The number of aromatic amines is 1. The Bertz CT molecular complexity index is 1050. The summed E-state index contributed by atoms with van der Waals surface area (Å²) in [6.07, 6.45) is 6.58. The number of benzene rings is 1. The normalized spacial score (nSPS) is 19.7. The number of carbonyl (C=O) groups excluding carboxylic acids is 2. The van der Waals surface area contributed by atoms with Crippen LogP contribution in [0.2, 0.25) is 0 Å². The molecule has 2 aliphatic rings. The SMILES string of the molecule is COc1ccc(C(=O)C2CCN(C3C=CN(Cc4ncc(C)c(=O)[nH]4)C3=O)CC2)cc1. The molecule has 1 atom stereocenters. The number of methoxy groups -OCH3 is 1. The number of ketones is 1. The number of ether oxygens (including phenoxy) is 1. The summed E-state index contributed by atoms with van der Waals surface area (Å²) in [4.78, 5) is 48.1. The van der Waals surface area contributed by atoms with Crippen molar-refractivity contribution in [2.75, 3.05) is 20.2 Å². The number of aryl methyl sites for hydroxylation is 1. The zero-order valence-corrected chi connectivity index (χ0v) is 17.7. The molecule has 0 spiro atoms. The monoisotopic (exact) mass is 422 g/mol. The third-order valence-electron chi connectivity index (χ3n) is 6.00. The maximum absolute atomic E-state index is 12.9. The van der Waals surface area contributed by atoms with Crippen molar-refractivity contribution in [1.82, 2.24) is 19.8 Å². The van der Waals surface area contributed by atoms with Gasteiger partial charge in [-0.1, -0.05) is 0 Å². The fourth-order valence-corrected chi connectivity index (χ4v) is 4.09. The highest BCUT2D eigenvalue weighted by Gasteiger charge is 2.35. The van der Waals surface area contributed by atoms with E-state index in [4.69, 9.17) is 4.74 Å². The average Bonchev–Trinajstić information content (AvgIpc) is 3.16. The van der Waals surface area contributed by atoms with Crippen molar-refractivity contribution in [2.45, 2.75) is 32.4 Å². The first kappa shape index (κ1) is 21.0. The van der Waals surface area contributed by atoms with Crippen molar-refractivity contribution in [3.8, 4) is 5.75 Å². The number of likely N-dealkylation sites (tertiary alicyclic amines) is 1. The molecule has 1 amide bonds. The number of hydrogen-bond donors (Lipinski definition) is 1. The number of nitrogens with zero attached hydrogens (tertiary/aromatic N) is 3.